The van der Waals surface area contributed by atoms with Crippen LogP contribution in [0.4, 0.5) is 5.69 Å². The van der Waals surface area contributed by atoms with Crippen LogP contribution in [-0.4, -0.2) is 52.2 Å². The lowest BCUT2D eigenvalue weighted by Crippen LogP contribution is -2.37. The van der Waals surface area contributed by atoms with E-state index in [4.69, 9.17) is 0 Å². The van der Waals surface area contributed by atoms with Crippen LogP contribution in [0.2, 0.25) is 0 Å². The molecule has 4 rings (SSSR count). The fourth-order valence-corrected chi connectivity index (χ4v) is 5.61. The number of thioether (sulfide) groups is 1. The first-order valence-electron chi connectivity index (χ1n) is 11.7. The van der Waals surface area contributed by atoms with Crippen molar-refractivity contribution in [1.29, 1.82) is 0 Å². The minimum absolute atomic E-state index is 0.0715. The quantitative estimate of drug-likeness (QED) is 0.703. The van der Waals surface area contributed by atoms with Crippen molar-refractivity contribution < 1.29 is 14.4 Å². The second-order valence-corrected chi connectivity index (χ2v) is 10.3. The summed E-state index contributed by atoms with van der Waals surface area (Å²) < 4.78 is 0. The molecule has 1 atom stereocenters. The zero-order valence-corrected chi connectivity index (χ0v) is 19.5. The first-order chi connectivity index (χ1) is 15.5. The van der Waals surface area contributed by atoms with E-state index in [0.717, 1.165) is 62.7 Å². The molecule has 2 heterocycles. The topological polar surface area (TPSA) is 90.9 Å². The lowest BCUT2D eigenvalue weighted by Gasteiger charge is -2.27. The summed E-state index contributed by atoms with van der Waals surface area (Å²) in [5.41, 5.74) is 1.20. The van der Waals surface area contributed by atoms with Crippen LogP contribution in [0.3, 0.4) is 0 Å². The number of carbonyl (C=O) groups excluding carboxylic acids is 3. The van der Waals surface area contributed by atoms with Crippen molar-refractivity contribution in [3.63, 3.8) is 0 Å². The van der Waals surface area contributed by atoms with E-state index < -0.39 is 5.25 Å². The highest BCUT2D eigenvalue weighted by Gasteiger charge is 2.33. The van der Waals surface area contributed by atoms with Crippen LogP contribution < -0.4 is 10.6 Å². The lowest BCUT2D eigenvalue weighted by atomic mass is 9.87. The molecular weight excluding hydrogens is 424 g/mol. The van der Waals surface area contributed by atoms with Crippen LogP contribution in [0.1, 0.15) is 68.6 Å². The van der Waals surface area contributed by atoms with Crippen LogP contribution in [0.5, 0.6) is 0 Å². The van der Waals surface area contributed by atoms with Crippen molar-refractivity contribution in [2.24, 2.45) is 10.9 Å². The number of likely N-dealkylation sites (tertiary alicyclic amines) is 1. The molecule has 0 spiro atoms. The average Bonchev–Trinajstić information content (AvgIpc) is 3.16. The van der Waals surface area contributed by atoms with Crippen molar-refractivity contribution in [2.75, 3.05) is 18.4 Å². The van der Waals surface area contributed by atoms with Crippen molar-refractivity contribution in [3.05, 3.63) is 29.8 Å². The number of nitrogens with one attached hydrogen (secondary N) is 2. The predicted octanol–water partition coefficient (Wildman–Crippen LogP) is 3.81. The smallest absolute Gasteiger partial charge is 0.262 e. The molecular formula is C24H32N4O3S. The molecule has 1 aromatic rings. The molecule has 3 amide bonds. The molecule has 3 aliphatic rings. The third-order valence-electron chi connectivity index (χ3n) is 6.51. The highest BCUT2D eigenvalue weighted by molar-refractivity contribution is 8.15. The van der Waals surface area contributed by atoms with E-state index in [9.17, 15) is 14.4 Å². The third kappa shape index (κ3) is 5.91. The maximum Gasteiger partial charge on any atom is 0.262 e. The van der Waals surface area contributed by atoms with Gasteiger partial charge in [0.15, 0.2) is 5.17 Å². The van der Waals surface area contributed by atoms with E-state index in [1.807, 2.05) is 0 Å². The number of rotatable bonds is 5. The molecule has 0 bridgehead atoms. The first-order valence-corrected chi connectivity index (χ1v) is 12.6. The number of amidine groups is 1. The molecule has 0 radical (unpaired) electrons. The molecule has 1 saturated carbocycles. The van der Waals surface area contributed by atoms with Gasteiger partial charge < -0.3 is 15.5 Å². The molecule has 1 unspecified atom stereocenters. The first kappa shape index (κ1) is 22.8. The summed E-state index contributed by atoms with van der Waals surface area (Å²) in [7, 11) is 0. The number of amides is 3. The minimum Gasteiger partial charge on any atom is -0.351 e. The van der Waals surface area contributed by atoms with Gasteiger partial charge in [0, 0.05) is 36.8 Å². The van der Waals surface area contributed by atoms with Crippen molar-refractivity contribution >= 4 is 40.3 Å². The molecule has 172 valence electrons. The summed E-state index contributed by atoms with van der Waals surface area (Å²) in [4.78, 5) is 43.6. The van der Waals surface area contributed by atoms with Gasteiger partial charge in [-0.15, -0.1) is 0 Å². The van der Waals surface area contributed by atoms with Crippen molar-refractivity contribution in [2.45, 2.75) is 69.6 Å². The van der Waals surface area contributed by atoms with Gasteiger partial charge in [-0.1, -0.05) is 18.7 Å². The van der Waals surface area contributed by atoms with E-state index >= 15 is 0 Å². The van der Waals surface area contributed by atoms with Gasteiger partial charge in [-0.05, 0) is 75.1 Å². The summed E-state index contributed by atoms with van der Waals surface area (Å²) >= 11 is 1.40. The van der Waals surface area contributed by atoms with E-state index in [0.29, 0.717) is 11.3 Å². The van der Waals surface area contributed by atoms with Crippen LogP contribution in [0, 0.1) is 5.92 Å². The molecule has 1 aromatic carbocycles. The lowest BCUT2D eigenvalue weighted by molar-refractivity contribution is -0.121. The van der Waals surface area contributed by atoms with Gasteiger partial charge in [-0.25, -0.2) is 0 Å². The summed E-state index contributed by atoms with van der Waals surface area (Å²) in [5.74, 6) is 0.221. The fourth-order valence-electron chi connectivity index (χ4n) is 4.49. The highest BCUT2D eigenvalue weighted by atomic mass is 32.2. The number of hydrogen-bond acceptors (Lipinski definition) is 5. The second-order valence-electron chi connectivity index (χ2n) is 9.15. The molecule has 2 aliphatic heterocycles. The number of carbonyl (C=O) groups is 3. The third-order valence-corrected chi connectivity index (χ3v) is 7.72. The molecule has 7 nitrogen and oxygen atoms in total. The maximum absolute atomic E-state index is 12.5. The Morgan fingerprint density at radius 3 is 2.44 bits per heavy atom. The highest BCUT2D eigenvalue weighted by Crippen LogP contribution is 2.29. The maximum atomic E-state index is 12.5. The largest absolute Gasteiger partial charge is 0.351 e. The van der Waals surface area contributed by atoms with Gasteiger partial charge in [-0.2, -0.15) is 4.99 Å². The van der Waals surface area contributed by atoms with Gasteiger partial charge in [0.05, 0.1) is 0 Å². The Balaban J connectivity index is 1.24. The molecule has 0 aromatic heterocycles. The normalized spacial score (nSPS) is 25.9. The minimum atomic E-state index is -0.463. The Bertz CT molecular complexity index is 872. The van der Waals surface area contributed by atoms with E-state index in [-0.39, 0.29) is 30.2 Å². The van der Waals surface area contributed by atoms with Crippen molar-refractivity contribution in [3.8, 4) is 0 Å². The van der Waals surface area contributed by atoms with E-state index in [2.05, 4.69) is 27.4 Å². The fraction of sp³-hybridized carbons (Fsp3) is 0.583. The number of hydrogen-bond donors (Lipinski definition) is 2. The van der Waals surface area contributed by atoms with Crippen LogP contribution in [0.15, 0.2) is 29.3 Å². The van der Waals surface area contributed by atoms with E-state index in [1.54, 1.807) is 24.3 Å². The number of nitrogens with zero attached hydrogens (tertiary/aromatic N) is 2. The summed E-state index contributed by atoms with van der Waals surface area (Å²) in [5, 5.41) is 6.25. The Morgan fingerprint density at radius 1 is 1.06 bits per heavy atom. The van der Waals surface area contributed by atoms with Gasteiger partial charge in [0.1, 0.15) is 5.25 Å². The van der Waals surface area contributed by atoms with Gasteiger partial charge in [0.2, 0.25) is 5.91 Å². The average molecular weight is 457 g/mol. The molecule has 2 fully saturated rings. The van der Waals surface area contributed by atoms with Crippen LogP contribution >= 0.6 is 11.8 Å². The SMILES string of the molecule is CC1CCC(NC(=O)c2ccc(NC(=O)CC3SC(N4CCCCC4)=NC3=O)cc2)CC1. The molecule has 1 saturated heterocycles. The zero-order chi connectivity index (χ0) is 22.5. The molecule has 2 N–H and O–H groups in total. The number of piperidine rings is 1. The summed E-state index contributed by atoms with van der Waals surface area (Å²) in [6.45, 7) is 4.11. The van der Waals surface area contributed by atoms with Crippen LogP contribution in [-0.2, 0) is 9.59 Å². The summed E-state index contributed by atoms with van der Waals surface area (Å²) in [6, 6.07) is 7.16. The predicted molar refractivity (Wildman–Crippen MR) is 128 cm³/mol. The standard InChI is InChI=1S/C24H32N4O3S/c1-16-5-9-19(10-6-16)26-22(30)17-7-11-18(12-8-17)25-21(29)15-20-23(31)27-24(32-20)28-13-3-2-4-14-28/h7-8,11-12,16,19-20H,2-6,9-10,13-15H2,1H3,(H,25,29)(H,26,30). The number of benzene rings is 1. The molecule has 32 heavy (non-hydrogen) atoms. The second kappa shape index (κ2) is 10.5. The summed E-state index contributed by atoms with van der Waals surface area (Å²) in [6.07, 6.45) is 7.91. The monoisotopic (exact) mass is 456 g/mol. The van der Waals surface area contributed by atoms with Crippen molar-refractivity contribution in [1.82, 2.24) is 10.2 Å². The number of anilines is 1. The van der Waals surface area contributed by atoms with Gasteiger partial charge >= 0.3 is 0 Å². The zero-order valence-electron chi connectivity index (χ0n) is 18.6. The van der Waals surface area contributed by atoms with E-state index in [1.165, 1.54) is 18.2 Å². The Labute approximate surface area is 193 Å². The number of aliphatic imine (C=N–C) groups is 1. The molecule has 1 aliphatic carbocycles. The van der Waals surface area contributed by atoms with Gasteiger partial charge in [0.25, 0.3) is 11.8 Å². The molecule has 8 heteroatoms. The van der Waals surface area contributed by atoms with Crippen LogP contribution in [0.25, 0.3) is 0 Å². The van der Waals surface area contributed by atoms with Gasteiger partial charge in [-0.3, -0.25) is 14.4 Å². The Hall–Kier alpha value is -2.35. The Kier molecular flexibility index (Phi) is 7.50. The Morgan fingerprint density at radius 2 is 1.75 bits per heavy atom.